The fourth-order valence-electron chi connectivity index (χ4n) is 3.02. The first-order valence-corrected chi connectivity index (χ1v) is 8.26. The summed E-state index contributed by atoms with van der Waals surface area (Å²) in [5.74, 6) is 0.0822. The normalized spacial score (nSPS) is 11.3. The van der Waals surface area contributed by atoms with Gasteiger partial charge < -0.3 is 0 Å². The summed E-state index contributed by atoms with van der Waals surface area (Å²) in [6, 6.07) is 26.1. The Morgan fingerprint density at radius 3 is 1.96 bits per heavy atom. The zero-order chi connectivity index (χ0) is 17.2. The molecule has 0 amide bonds. The van der Waals surface area contributed by atoms with Crippen LogP contribution < -0.4 is 0 Å². The second-order valence-corrected chi connectivity index (χ2v) is 6.72. The molecule has 0 fully saturated rings. The first-order chi connectivity index (χ1) is 11.5. The number of hydrogen-bond acceptors (Lipinski definition) is 1. The lowest BCUT2D eigenvalue weighted by Crippen LogP contribution is -2.19. The Morgan fingerprint density at radius 1 is 0.750 bits per heavy atom. The van der Waals surface area contributed by atoms with Crippen LogP contribution in [0.2, 0.25) is 0 Å². The van der Waals surface area contributed by atoms with Crippen LogP contribution in [0, 0.1) is 6.92 Å². The average Bonchev–Trinajstić information content (AvgIpc) is 2.63. The van der Waals surface area contributed by atoms with Gasteiger partial charge in [-0.15, -0.1) is 0 Å². The van der Waals surface area contributed by atoms with Crippen molar-refractivity contribution >= 4 is 5.78 Å². The highest BCUT2D eigenvalue weighted by atomic mass is 16.1. The van der Waals surface area contributed by atoms with Gasteiger partial charge in [-0.3, -0.25) is 4.79 Å². The fraction of sp³-hybridized carbons (Fsp3) is 0.174. The van der Waals surface area contributed by atoms with Crippen LogP contribution in [0.5, 0.6) is 0 Å². The van der Waals surface area contributed by atoms with Gasteiger partial charge >= 0.3 is 0 Å². The number of carbonyl (C=O) groups is 1. The fourth-order valence-corrected chi connectivity index (χ4v) is 3.02. The van der Waals surface area contributed by atoms with Crippen LogP contribution in [0.15, 0.2) is 78.9 Å². The highest BCUT2D eigenvalue weighted by Gasteiger charge is 2.24. The Morgan fingerprint density at radius 2 is 1.33 bits per heavy atom. The molecule has 0 aliphatic rings. The largest absolute Gasteiger partial charge is 0.289 e. The molecule has 0 aromatic heterocycles. The molecule has 0 heterocycles. The number of aryl methyl sites for hydroxylation is 1. The van der Waals surface area contributed by atoms with Crippen LogP contribution in [-0.4, -0.2) is 5.78 Å². The molecule has 1 heteroatoms. The molecule has 0 radical (unpaired) electrons. The minimum Gasteiger partial charge on any atom is -0.289 e. The minimum atomic E-state index is -0.152. The molecule has 0 aliphatic heterocycles. The summed E-state index contributed by atoms with van der Waals surface area (Å²) in [4.78, 5) is 12.9. The highest BCUT2D eigenvalue weighted by molar-refractivity contribution is 6.10. The summed E-state index contributed by atoms with van der Waals surface area (Å²) >= 11 is 0. The van der Waals surface area contributed by atoms with E-state index in [2.05, 4.69) is 56.3 Å². The van der Waals surface area contributed by atoms with Crippen LogP contribution in [0.25, 0.3) is 0 Å². The predicted octanol–water partition coefficient (Wildman–Crippen LogP) is 5.55. The van der Waals surface area contributed by atoms with E-state index < -0.39 is 0 Å². The van der Waals surface area contributed by atoms with Gasteiger partial charge in [0.25, 0.3) is 0 Å². The summed E-state index contributed by atoms with van der Waals surface area (Å²) in [5, 5.41) is 0. The average molecular weight is 314 g/mol. The molecule has 24 heavy (non-hydrogen) atoms. The molecule has 0 saturated heterocycles. The van der Waals surface area contributed by atoms with Gasteiger partial charge in [0.15, 0.2) is 5.78 Å². The maximum atomic E-state index is 12.9. The van der Waals surface area contributed by atoms with E-state index in [1.807, 2.05) is 43.3 Å². The minimum absolute atomic E-state index is 0.0822. The SMILES string of the molecule is Cc1ccc(C(C)(C)c2ccccc2)cc1C(=O)c1ccccc1. The van der Waals surface area contributed by atoms with E-state index in [1.54, 1.807) is 0 Å². The van der Waals surface area contributed by atoms with Gasteiger partial charge in [-0.05, 0) is 29.7 Å². The molecule has 0 unspecified atom stereocenters. The van der Waals surface area contributed by atoms with Gasteiger partial charge in [-0.1, -0.05) is 86.6 Å². The van der Waals surface area contributed by atoms with E-state index in [9.17, 15) is 4.79 Å². The van der Waals surface area contributed by atoms with Crippen molar-refractivity contribution in [3.63, 3.8) is 0 Å². The van der Waals surface area contributed by atoms with Gasteiger partial charge in [-0.25, -0.2) is 0 Å². The third-order valence-corrected chi connectivity index (χ3v) is 4.74. The third-order valence-electron chi connectivity index (χ3n) is 4.74. The third kappa shape index (κ3) is 3.03. The maximum Gasteiger partial charge on any atom is 0.193 e. The monoisotopic (exact) mass is 314 g/mol. The summed E-state index contributed by atoms with van der Waals surface area (Å²) < 4.78 is 0. The number of ketones is 1. The van der Waals surface area contributed by atoms with Crippen LogP contribution in [0.4, 0.5) is 0 Å². The highest BCUT2D eigenvalue weighted by Crippen LogP contribution is 2.32. The number of carbonyl (C=O) groups excluding carboxylic acids is 1. The van der Waals surface area contributed by atoms with Gasteiger partial charge in [0.05, 0.1) is 0 Å². The van der Waals surface area contributed by atoms with E-state index in [-0.39, 0.29) is 11.2 Å². The van der Waals surface area contributed by atoms with Crippen LogP contribution in [0.1, 0.15) is 46.5 Å². The first-order valence-electron chi connectivity index (χ1n) is 8.26. The molecule has 120 valence electrons. The van der Waals surface area contributed by atoms with Crippen molar-refractivity contribution < 1.29 is 4.79 Å². The maximum absolute atomic E-state index is 12.9. The molecule has 3 aromatic carbocycles. The second-order valence-electron chi connectivity index (χ2n) is 6.72. The lowest BCUT2D eigenvalue weighted by molar-refractivity contribution is 0.103. The van der Waals surface area contributed by atoms with Crippen molar-refractivity contribution in [1.29, 1.82) is 0 Å². The van der Waals surface area contributed by atoms with E-state index >= 15 is 0 Å². The quantitative estimate of drug-likeness (QED) is 0.577. The van der Waals surface area contributed by atoms with Crippen LogP contribution >= 0.6 is 0 Å². The van der Waals surface area contributed by atoms with Gasteiger partial charge in [0, 0.05) is 16.5 Å². The zero-order valence-electron chi connectivity index (χ0n) is 14.4. The van der Waals surface area contributed by atoms with Crippen LogP contribution in [-0.2, 0) is 5.41 Å². The number of hydrogen-bond donors (Lipinski definition) is 0. The molecule has 0 atom stereocenters. The number of rotatable bonds is 4. The summed E-state index contributed by atoms with van der Waals surface area (Å²) in [6.45, 7) is 6.39. The smallest absolute Gasteiger partial charge is 0.193 e. The van der Waals surface area contributed by atoms with Crippen molar-refractivity contribution in [2.24, 2.45) is 0 Å². The summed E-state index contributed by atoms with van der Waals surface area (Å²) in [7, 11) is 0. The Labute approximate surface area is 144 Å². The number of benzene rings is 3. The van der Waals surface area contributed by atoms with Crippen molar-refractivity contribution in [2.75, 3.05) is 0 Å². The molecular weight excluding hydrogens is 292 g/mol. The molecule has 0 saturated carbocycles. The van der Waals surface area contributed by atoms with E-state index in [1.165, 1.54) is 5.56 Å². The van der Waals surface area contributed by atoms with E-state index in [0.717, 1.165) is 22.3 Å². The van der Waals surface area contributed by atoms with Gasteiger partial charge in [0.1, 0.15) is 0 Å². The lowest BCUT2D eigenvalue weighted by atomic mass is 9.77. The molecule has 0 aliphatic carbocycles. The Bertz CT molecular complexity index is 846. The Kier molecular flexibility index (Phi) is 4.35. The van der Waals surface area contributed by atoms with Gasteiger partial charge in [0.2, 0.25) is 0 Å². The molecule has 3 aromatic rings. The lowest BCUT2D eigenvalue weighted by Gasteiger charge is -2.27. The molecule has 0 N–H and O–H groups in total. The molecule has 3 rings (SSSR count). The topological polar surface area (TPSA) is 17.1 Å². The Balaban J connectivity index is 2.05. The zero-order valence-corrected chi connectivity index (χ0v) is 14.4. The van der Waals surface area contributed by atoms with Crippen molar-refractivity contribution in [3.05, 3.63) is 107 Å². The summed E-state index contributed by atoms with van der Waals surface area (Å²) in [5.41, 5.74) is 4.76. The predicted molar refractivity (Wildman–Crippen MR) is 99.6 cm³/mol. The van der Waals surface area contributed by atoms with E-state index in [4.69, 9.17) is 0 Å². The molecular formula is C23H22O. The van der Waals surface area contributed by atoms with Crippen LogP contribution in [0.3, 0.4) is 0 Å². The molecule has 0 bridgehead atoms. The molecule has 0 spiro atoms. The first kappa shape index (κ1) is 16.2. The van der Waals surface area contributed by atoms with Crippen molar-refractivity contribution in [3.8, 4) is 0 Å². The van der Waals surface area contributed by atoms with Gasteiger partial charge in [-0.2, -0.15) is 0 Å². The second kappa shape index (κ2) is 6.45. The van der Waals surface area contributed by atoms with Crippen molar-refractivity contribution in [2.45, 2.75) is 26.2 Å². The van der Waals surface area contributed by atoms with Crippen molar-refractivity contribution in [1.82, 2.24) is 0 Å². The standard InChI is InChI=1S/C23H22O/c1-17-14-15-20(23(2,3)19-12-8-5-9-13-19)16-21(17)22(24)18-10-6-4-7-11-18/h4-16H,1-3H3. The van der Waals surface area contributed by atoms with E-state index in [0.29, 0.717) is 0 Å². The summed E-state index contributed by atoms with van der Waals surface area (Å²) in [6.07, 6.45) is 0. The molecule has 1 nitrogen and oxygen atoms in total. The Hall–Kier alpha value is -2.67.